The van der Waals surface area contributed by atoms with E-state index in [1.807, 2.05) is 37.3 Å². The molecule has 0 spiro atoms. The van der Waals surface area contributed by atoms with Crippen LogP contribution in [0.25, 0.3) is 0 Å². The number of ether oxygens (including phenoxy) is 1. The van der Waals surface area contributed by atoms with Crippen LogP contribution in [0.2, 0.25) is 0 Å². The van der Waals surface area contributed by atoms with E-state index < -0.39 is 6.04 Å². The normalized spacial score (nSPS) is 12.6. The van der Waals surface area contributed by atoms with Gasteiger partial charge in [0.15, 0.2) is 5.11 Å². The minimum absolute atomic E-state index is 0.0170. The number of benzene rings is 1. The molecule has 0 saturated heterocycles. The number of carbonyl (C=O) groups excluding carboxylic acids is 2. The molecular formula is C16H24N4O3S. The van der Waals surface area contributed by atoms with Crippen LogP contribution in [0.5, 0.6) is 0 Å². The molecule has 0 heterocycles. The van der Waals surface area contributed by atoms with Crippen LogP contribution in [0.4, 0.5) is 0 Å². The van der Waals surface area contributed by atoms with E-state index in [9.17, 15) is 9.59 Å². The average molecular weight is 352 g/mol. The summed E-state index contributed by atoms with van der Waals surface area (Å²) in [5.74, 6) is -0.490. The van der Waals surface area contributed by atoms with Crippen molar-refractivity contribution in [1.29, 1.82) is 0 Å². The van der Waals surface area contributed by atoms with Crippen LogP contribution in [0, 0.1) is 0 Å². The molecule has 0 fully saturated rings. The van der Waals surface area contributed by atoms with Crippen molar-refractivity contribution >= 4 is 29.1 Å². The van der Waals surface area contributed by atoms with E-state index in [2.05, 4.69) is 21.5 Å². The summed E-state index contributed by atoms with van der Waals surface area (Å²) in [4.78, 5) is 23.4. The van der Waals surface area contributed by atoms with E-state index in [4.69, 9.17) is 17.0 Å². The zero-order chi connectivity index (χ0) is 17.9. The lowest BCUT2D eigenvalue weighted by Gasteiger charge is -2.19. The summed E-state index contributed by atoms with van der Waals surface area (Å²) in [6, 6.07) is 8.93. The third-order valence-corrected chi connectivity index (χ3v) is 3.30. The van der Waals surface area contributed by atoms with Crippen molar-refractivity contribution in [3.8, 4) is 0 Å². The van der Waals surface area contributed by atoms with Gasteiger partial charge in [-0.1, -0.05) is 30.3 Å². The number of hydrazine groups is 1. The predicted molar refractivity (Wildman–Crippen MR) is 96.0 cm³/mol. The lowest BCUT2D eigenvalue weighted by Crippen LogP contribution is -2.50. The maximum atomic E-state index is 12.1. The van der Waals surface area contributed by atoms with Gasteiger partial charge in [0, 0.05) is 20.1 Å². The molecular weight excluding hydrogens is 328 g/mol. The maximum Gasteiger partial charge on any atom is 0.240 e. The first kappa shape index (κ1) is 19.9. The van der Waals surface area contributed by atoms with Crippen molar-refractivity contribution in [2.24, 2.45) is 0 Å². The summed E-state index contributed by atoms with van der Waals surface area (Å²) in [5.41, 5.74) is 6.01. The average Bonchev–Trinajstić information content (AvgIpc) is 2.53. The molecule has 8 heteroatoms. The van der Waals surface area contributed by atoms with Crippen molar-refractivity contribution in [3.05, 3.63) is 35.9 Å². The van der Waals surface area contributed by atoms with Crippen LogP contribution >= 0.6 is 12.2 Å². The fourth-order valence-electron chi connectivity index (χ4n) is 2.10. The summed E-state index contributed by atoms with van der Waals surface area (Å²) in [6.45, 7) is 3.82. The van der Waals surface area contributed by atoms with Crippen molar-refractivity contribution in [1.82, 2.24) is 21.5 Å². The lowest BCUT2D eigenvalue weighted by molar-refractivity contribution is -0.123. The van der Waals surface area contributed by atoms with Gasteiger partial charge in [0.1, 0.15) is 0 Å². The fourth-order valence-corrected chi connectivity index (χ4v) is 2.35. The van der Waals surface area contributed by atoms with Crippen molar-refractivity contribution in [3.63, 3.8) is 0 Å². The molecule has 1 aromatic rings. The summed E-state index contributed by atoms with van der Waals surface area (Å²) in [5, 5.41) is 6.03. The lowest BCUT2D eigenvalue weighted by atomic mass is 10.0. The number of amides is 2. The second-order valence-corrected chi connectivity index (χ2v) is 5.78. The number of carbonyl (C=O) groups is 2. The molecule has 0 aliphatic heterocycles. The van der Waals surface area contributed by atoms with Gasteiger partial charge < -0.3 is 15.4 Å². The molecule has 132 valence electrons. The van der Waals surface area contributed by atoms with E-state index in [-0.39, 0.29) is 24.3 Å². The van der Waals surface area contributed by atoms with E-state index in [0.717, 1.165) is 5.56 Å². The van der Waals surface area contributed by atoms with Gasteiger partial charge in [-0.2, -0.15) is 0 Å². The Hall–Kier alpha value is -2.19. The van der Waals surface area contributed by atoms with Crippen LogP contribution in [0.3, 0.4) is 0 Å². The first-order chi connectivity index (χ1) is 11.4. The Morgan fingerprint density at radius 2 is 1.83 bits per heavy atom. The largest absolute Gasteiger partial charge is 0.383 e. The molecule has 0 saturated carbocycles. The molecule has 0 bridgehead atoms. The van der Waals surface area contributed by atoms with Crippen LogP contribution in [-0.4, -0.2) is 36.7 Å². The molecule has 1 rings (SSSR count). The Balaban J connectivity index is 2.50. The third kappa shape index (κ3) is 7.89. The van der Waals surface area contributed by atoms with Crippen molar-refractivity contribution < 1.29 is 14.3 Å². The predicted octanol–water partition coefficient (Wildman–Crippen LogP) is 0.784. The monoisotopic (exact) mass is 352 g/mol. The number of nitrogens with one attached hydrogen (secondary N) is 4. The number of thiocarbonyl (C=S) groups is 1. The molecule has 7 nitrogen and oxygen atoms in total. The molecule has 0 aliphatic carbocycles. The first-order valence-electron chi connectivity index (χ1n) is 7.58. The molecule has 1 aromatic carbocycles. The molecule has 24 heavy (non-hydrogen) atoms. The molecule has 2 amide bonds. The summed E-state index contributed by atoms with van der Waals surface area (Å²) < 4.78 is 4.99. The molecule has 2 atom stereocenters. The van der Waals surface area contributed by atoms with Gasteiger partial charge >= 0.3 is 0 Å². The SMILES string of the molecule is COC[C@@H](C)NC(=S)NNC(=O)C[C@H](NC(C)=O)c1ccccc1. The van der Waals surface area contributed by atoms with E-state index in [1.54, 1.807) is 7.11 Å². The summed E-state index contributed by atoms with van der Waals surface area (Å²) in [7, 11) is 1.60. The Labute approximate surface area is 147 Å². The Morgan fingerprint density at radius 3 is 2.42 bits per heavy atom. The highest BCUT2D eigenvalue weighted by Crippen LogP contribution is 2.16. The number of methoxy groups -OCH3 is 1. The van der Waals surface area contributed by atoms with E-state index in [1.165, 1.54) is 6.92 Å². The second-order valence-electron chi connectivity index (χ2n) is 5.37. The molecule has 0 radical (unpaired) electrons. The van der Waals surface area contributed by atoms with Gasteiger partial charge in [-0.25, -0.2) is 0 Å². The van der Waals surface area contributed by atoms with Crippen LogP contribution < -0.4 is 21.5 Å². The quantitative estimate of drug-likeness (QED) is 0.428. The summed E-state index contributed by atoms with van der Waals surface area (Å²) in [6.07, 6.45) is 0.0901. The molecule has 0 aliphatic rings. The van der Waals surface area contributed by atoms with Gasteiger partial charge in [-0.05, 0) is 24.7 Å². The molecule has 0 aromatic heterocycles. The smallest absolute Gasteiger partial charge is 0.240 e. The van der Waals surface area contributed by atoms with Gasteiger partial charge in [-0.15, -0.1) is 0 Å². The third-order valence-electron chi connectivity index (χ3n) is 3.08. The van der Waals surface area contributed by atoms with Crippen LogP contribution in [-0.2, 0) is 14.3 Å². The highest BCUT2D eigenvalue weighted by Gasteiger charge is 2.17. The van der Waals surface area contributed by atoms with Crippen molar-refractivity contribution in [2.45, 2.75) is 32.4 Å². The van der Waals surface area contributed by atoms with Crippen LogP contribution in [0.1, 0.15) is 31.9 Å². The molecule has 0 unspecified atom stereocenters. The zero-order valence-electron chi connectivity index (χ0n) is 14.1. The Bertz CT molecular complexity index is 554. The summed E-state index contributed by atoms with van der Waals surface area (Å²) >= 11 is 5.08. The number of rotatable bonds is 7. The Morgan fingerprint density at radius 1 is 1.17 bits per heavy atom. The fraction of sp³-hybridized carbons (Fsp3) is 0.438. The number of hydrogen-bond donors (Lipinski definition) is 4. The second kappa shape index (κ2) is 10.6. The highest BCUT2D eigenvalue weighted by molar-refractivity contribution is 7.80. The topological polar surface area (TPSA) is 91.5 Å². The minimum Gasteiger partial charge on any atom is -0.383 e. The highest BCUT2D eigenvalue weighted by atomic mass is 32.1. The van der Waals surface area contributed by atoms with E-state index >= 15 is 0 Å². The van der Waals surface area contributed by atoms with Gasteiger partial charge in [0.05, 0.1) is 19.1 Å². The van der Waals surface area contributed by atoms with Gasteiger partial charge in [-0.3, -0.25) is 20.4 Å². The number of hydrogen-bond acceptors (Lipinski definition) is 4. The maximum absolute atomic E-state index is 12.1. The molecule has 4 N–H and O–H groups in total. The zero-order valence-corrected chi connectivity index (χ0v) is 14.9. The Kier molecular flexibility index (Phi) is 8.74. The van der Waals surface area contributed by atoms with Gasteiger partial charge in [0.2, 0.25) is 11.8 Å². The minimum atomic E-state index is -0.403. The standard InChI is InChI=1S/C16H24N4O3S/c1-11(10-23-3)17-16(24)20-19-15(22)9-14(18-12(2)21)13-7-5-4-6-8-13/h4-8,11,14H,9-10H2,1-3H3,(H,18,21)(H,19,22)(H2,17,20,24)/t11-,14+/m1/s1. The van der Waals surface area contributed by atoms with Gasteiger partial charge in [0.25, 0.3) is 0 Å². The van der Waals surface area contributed by atoms with Crippen LogP contribution in [0.15, 0.2) is 30.3 Å². The first-order valence-corrected chi connectivity index (χ1v) is 7.99. The van der Waals surface area contributed by atoms with E-state index in [0.29, 0.717) is 11.7 Å². The van der Waals surface area contributed by atoms with Crippen molar-refractivity contribution in [2.75, 3.05) is 13.7 Å².